The van der Waals surface area contributed by atoms with Gasteiger partial charge in [-0.25, -0.2) is 22.5 Å². The lowest BCUT2D eigenvalue weighted by Crippen LogP contribution is -1.95. The quantitative estimate of drug-likeness (QED) is 0.395. The molecule has 5 heteroatoms. The van der Waals surface area contributed by atoms with Crippen LogP contribution >= 0.6 is 0 Å². The lowest BCUT2D eigenvalue weighted by atomic mass is 10.0. The van der Waals surface area contributed by atoms with Gasteiger partial charge in [-0.3, -0.25) is 0 Å². The number of pyridine rings is 1. The number of aromatic nitrogens is 1. The van der Waals surface area contributed by atoms with Crippen molar-refractivity contribution in [2.45, 2.75) is 0 Å². The highest BCUT2D eigenvalue weighted by Crippen LogP contribution is 2.33. The molecule has 0 radical (unpaired) electrons. The van der Waals surface area contributed by atoms with Crippen LogP contribution in [0.2, 0.25) is 0 Å². The van der Waals surface area contributed by atoms with Crippen molar-refractivity contribution in [2.24, 2.45) is 0 Å². The Kier molecular flexibility index (Phi) is 3.92. The summed E-state index contributed by atoms with van der Waals surface area (Å²) < 4.78 is 55.0. The van der Waals surface area contributed by atoms with Gasteiger partial charge < -0.3 is 0 Å². The van der Waals surface area contributed by atoms with Gasteiger partial charge in [0.05, 0.1) is 11.4 Å². The SMILES string of the molecule is Fc1ccc(-c2cc3ccccc3c(-c3ccc(F)cc3F)n2)c(F)c1. The maximum absolute atomic E-state index is 14.3. The first-order chi connectivity index (χ1) is 12.5. The first-order valence-corrected chi connectivity index (χ1v) is 7.83. The maximum Gasteiger partial charge on any atom is 0.135 e. The van der Waals surface area contributed by atoms with Crippen LogP contribution in [-0.4, -0.2) is 4.98 Å². The van der Waals surface area contributed by atoms with E-state index in [1.54, 1.807) is 30.3 Å². The molecular formula is C21H11F4N. The topological polar surface area (TPSA) is 12.9 Å². The second-order valence-electron chi connectivity index (χ2n) is 5.83. The third kappa shape index (κ3) is 2.81. The van der Waals surface area contributed by atoms with E-state index in [1.807, 2.05) is 0 Å². The van der Waals surface area contributed by atoms with Crippen LogP contribution in [0.15, 0.2) is 66.7 Å². The molecule has 4 rings (SSSR count). The first-order valence-electron chi connectivity index (χ1n) is 7.83. The summed E-state index contributed by atoms with van der Waals surface area (Å²) in [5, 5.41) is 1.35. The monoisotopic (exact) mass is 353 g/mol. The van der Waals surface area contributed by atoms with E-state index in [9.17, 15) is 17.6 Å². The van der Waals surface area contributed by atoms with Gasteiger partial charge in [-0.1, -0.05) is 24.3 Å². The summed E-state index contributed by atoms with van der Waals surface area (Å²) >= 11 is 0. The number of rotatable bonds is 2. The van der Waals surface area contributed by atoms with Crippen LogP contribution in [0.3, 0.4) is 0 Å². The molecule has 3 aromatic carbocycles. The van der Waals surface area contributed by atoms with Crippen molar-refractivity contribution < 1.29 is 17.6 Å². The Morgan fingerprint density at radius 2 is 1.23 bits per heavy atom. The van der Waals surface area contributed by atoms with Crippen LogP contribution in [0.4, 0.5) is 17.6 Å². The third-order valence-corrected chi connectivity index (χ3v) is 4.13. The predicted octanol–water partition coefficient (Wildman–Crippen LogP) is 6.13. The molecule has 0 saturated heterocycles. The lowest BCUT2D eigenvalue weighted by molar-refractivity contribution is 0.585. The molecule has 0 saturated carbocycles. The normalized spacial score (nSPS) is 11.1. The Labute approximate surface area is 146 Å². The molecule has 0 amide bonds. The molecule has 0 aliphatic heterocycles. The number of halogens is 4. The number of fused-ring (bicyclic) bond motifs is 1. The van der Waals surface area contributed by atoms with Gasteiger partial charge in [0.2, 0.25) is 0 Å². The van der Waals surface area contributed by atoms with Gasteiger partial charge in [0.1, 0.15) is 23.3 Å². The van der Waals surface area contributed by atoms with Crippen molar-refractivity contribution in [1.29, 1.82) is 0 Å². The van der Waals surface area contributed by atoms with Crippen LogP contribution in [0, 0.1) is 23.3 Å². The van der Waals surface area contributed by atoms with Crippen molar-refractivity contribution in [1.82, 2.24) is 4.98 Å². The van der Waals surface area contributed by atoms with Crippen molar-refractivity contribution in [2.75, 3.05) is 0 Å². The molecule has 128 valence electrons. The second kappa shape index (κ2) is 6.26. The highest BCUT2D eigenvalue weighted by molar-refractivity contribution is 5.97. The molecule has 0 aliphatic rings. The van der Waals surface area contributed by atoms with Crippen LogP contribution in [-0.2, 0) is 0 Å². The van der Waals surface area contributed by atoms with Gasteiger partial charge in [-0.2, -0.15) is 0 Å². The van der Waals surface area contributed by atoms with Crippen LogP contribution in [0.5, 0.6) is 0 Å². The van der Waals surface area contributed by atoms with Gasteiger partial charge >= 0.3 is 0 Å². The molecule has 0 spiro atoms. The summed E-state index contributed by atoms with van der Waals surface area (Å²) in [7, 11) is 0. The summed E-state index contributed by atoms with van der Waals surface area (Å²) in [5.74, 6) is -2.93. The van der Waals surface area contributed by atoms with E-state index in [0.29, 0.717) is 10.8 Å². The average molecular weight is 353 g/mol. The second-order valence-corrected chi connectivity index (χ2v) is 5.83. The molecule has 0 bridgehead atoms. The van der Waals surface area contributed by atoms with Crippen molar-refractivity contribution in [3.63, 3.8) is 0 Å². The minimum atomic E-state index is -0.765. The number of nitrogens with zero attached hydrogens (tertiary/aromatic N) is 1. The van der Waals surface area contributed by atoms with Gasteiger partial charge in [0.25, 0.3) is 0 Å². The fourth-order valence-electron chi connectivity index (χ4n) is 2.92. The minimum Gasteiger partial charge on any atom is -0.247 e. The average Bonchev–Trinajstić information content (AvgIpc) is 2.61. The Morgan fingerprint density at radius 1 is 0.615 bits per heavy atom. The highest BCUT2D eigenvalue weighted by Gasteiger charge is 2.15. The van der Waals surface area contributed by atoms with E-state index in [1.165, 1.54) is 12.1 Å². The summed E-state index contributed by atoms with van der Waals surface area (Å²) in [6.07, 6.45) is 0. The van der Waals surface area contributed by atoms with E-state index in [4.69, 9.17) is 0 Å². The van der Waals surface area contributed by atoms with E-state index in [-0.39, 0.29) is 22.5 Å². The van der Waals surface area contributed by atoms with Gasteiger partial charge in [-0.15, -0.1) is 0 Å². The molecule has 1 nitrogen and oxygen atoms in total. The lowest BCUT2D eigenvalue weighted by Gasteiger charge is -2.11. The van der Waals surface area contributed by atoms with E-state index >= 15 is 0 Å². The number of hydrogen-bond acceptors (Lipinski definition) is 1. The largest absolute Gasteiger partial charge is 0.247 e. The van der Waals surface area contributed by atoms with E-state index < -0.39 is 23.3 Å². The summed E-state index contributed by atoms with van der Waals surface area (Å²) in [5.41, 5.74) is 0.701. The van der Waals surface area contributed by atoms with Gasteiger partial charge in [0, 0.05) is 28.6 Å². The molecular weight excluding hydrogens is 342 g/mol. The zero-order valence-electron chi connectivity index (χ0n) is 13.3. The first kappa shape index (κ1) is 16.3. The molecule has 4 aromatic rings. The standard InChI is InChI=1S/C21H11F4N/c22-13-5-7-16(18(24)10-13)20-9-12-3-1-2-4-15(12)21(26-20)17-8-6-14(23)11-19(17)25/h1-11H. The van der Waals surface area contributed by atoms with Crippen LogP contribution in [0.1, 0.15) is 0 Å². The van der Waals surface area contributed by atoms with Gasteiger partial charge in [-0.05, 0) is 35.7 Å². The highest BCUT2D eigenvalue weighted by atomic mass is 19.1. The van der Waals surface area contributed by atoms with Crippen LogP contribution < -0.4 is 0 Å². The third-order valence-electron chi connectivity index (χ3n) is 4.13. The smallest absolute Gasteiger partial charge is 0.135 e. The van der Waals surface area contributed by atoms with Crippen molar-refractivity contribution in [3.05, 3.63) is 90.0 Å². The number of benzene rings is 3. The Bertz CT molecular complexity index is 1140. The molecule has 1 aromatic heterocycles. The molecule has 0 N–H and O–H groups in total. The molecule has 0 atom stereocenters. The summed E-state index contributed by atoms with van der Waals surface area (Å²) in [6, 6.07) is 15.1. The zero-order valence-corrected chi connectivity index (χ0v) is 13.3. The fourth-order valence-corrected chi connectivity index (χ4v) is 2.92. The molecule has 0 unspecified atom stereocenters. The Balaban J connectivity index is 2.03. The molecule has 1 heterocycles. The van der Waals surface area contributed by atoms with Crippen molar-refractivity contribution >= 4 is 10.8 Å². The van der Waals surface area contributed by atoms with E-state index in [2.05, 4.69) is 4.98 Å². The van der Waals surface area contributed by atoms with Crippen molar-refractivity contribution in [3.8, 4) is 22.5 Å². The molecule has 26 heavy (non-hydrogen) atoms. The van der Waals surface area contributed by atoms with Gasteiger partial charge in [0.15, 0.2) is 0 Å². The van der Waals surface area contributed by atoms with Crippen LogP contribution in [0.25, 0.3) is 33.3 Å². The summed E-state index contributed by atoms with van der Waals surface area (Å²) in [4.78, 5) is 4.40. The Morgan fingerprint density at radius 3 is 1.88 bits per heavy atom. The zero-order chi connectivity index (χ0) is 18.3. The number of hydrogen-bond donors (Lipinski definition) is 0. The predicted molar refractivity (Wildman–Crippen MR) is 92.4 cm³/mol. The fraction of sp³-hybridized carbons (Fsp3) is 0. The Hall–Kier alpha value is -3.21. The minimum absolute atomic E-state index is 0.0981. The summed E-state index contributed by atoms with van der Waals surface area (Å²) in [6.45, 7) is 0. The van der Waals surface area contributed by atoms with E-state index in [0.717, 1.165) is 24.3 Å². The maximum atomic E-state index is 14.3. The molecule has 0 fully saturated rings. The molecule has 0 aliphatic carbocycles.